The van der Waals surface area contributed by atoms with Gasteiger partial charge in [-0.15, -0.1) is 0 Å². The first kappa shape index (κ1) is 22.3. The van der Waals surface area contributed by atoms with Gasteiger partial charge in [0.15, 0.2) is 17.3 Å². The van der Waals surface area contributed by atoms with Crippen LogP contribution in [0.1, 0.15) is 47.2 Å². The molecule has 1 heterocycles. The number of carbonyl (C=O) groups is 1. The molecule has 2 aromatic carbocycles. The summed E-state index contributed by atoms with van der Waals surface area (Å²) in [5.41, 5.74) is 2.30. The highest BCUT2D eigenvalue weighted by Crippen LogP contribution is 2.27. The highest BCUT2D eigenvalue weighted by Gasteiger charge is 2.12. The summed E-state index contributed by atoms with van der Waals surface area (Å²) < 4.78 is 21.9. The van der Waals surface area contributed by atoms with E-state index in [2.05, 4.69) is 31.3 Å². The van der Waals surface area contributed by atoms with Gasteiger partial charge in [0, 0.05) is 6.54 Å². The largest absolute Gasteiger partial charge is 0.493 e. The lowest BCUT2D eigenvalue weighted by atomic mass is 10.0. The topological polar surface area (TPSA) is 69.9 Å². The van der Waals surface area contributed by atoms with Gasteiger partial charge in [-0.3, -0.25) is 4.79 Å². The highest BCUT2D eigenvalue weighted by molar-refractivity contribution is 5.91. The first-order chi connectivity index (χ1) is 15.0. The summed E-state index contributed by atoms with van der Waals surface area (Å²) in [5.74, 6) is 3.19. The molecule has 1 aromatic heterocycles. The quantitative estimate of drug-likeness (QED) is 0.498. The molecule has 3 aromatic rings. The van der Waals surface area contributed by atoms with Crippen molar-refractivity contribution in [2.45, 2.75) is 32.8 Å². The third-order valence-electron chi connectivity index (χ3n) is 4.96. The minimum Gasteiger partial charge on any atom is -0.493 e. The van der Waals surface area contributed by atoms with Crippen molar-refractivity contribution < 1.29 is 23.4 Å². The van der Waals surface area contributed by atoms with E-state index < -0.39 is 0 Å². The molecule has 0 bridgehead atoms. The van der Waals surface area contributed by atoms with E-state index in [0.717, 1.165) is 11.3 Å². The number of furan rings is 1. The van der Waals surface area contributed by atoms with Crippen molar-refractivity contribution in [3.8, 4) is 17.2 Å². The molecular weight excluding hydrogens is 394 g/mol. The molecule has 31 heavy (non-hydrogen) atoms. The lowest BCUT2D eigenvalue weighted by Crippen LogP contribution is -2.25. The SMILES string of the molecule is COc1ccc(CCNC(=O)c2ccc(COc3ccc(C(C)C)cc3)o2)cc1OC. The second-order valence-corrected chi connectivity index (χ2v) is 7.47. The molecule has 1 N–H and O–H groups in total. The number of rotatable bonds is 10. The second kappa shape index (κ2) is 10.6. The van der Waals surface area contributed by atoms with Crippen LogP contribution in [0, 0.1) is 0 Å². The Morgan fingerprint density at radius 3 is 2.39 bits per heavy atom. The molecule has 0 aliphatic carbocycles. The van der Waals surface area contributed by atoms with E-state index in [-0.39, 0.29) is 18.3 Å². The Balaban J connectivity index is 1.47. The molecule has 0 fully saturated rings. The first-order valence-corrected chi connectivity index (χ1v) is 10.3. The van der Waals surface area contributed by atoms with Crippen molar-refractivity contribution in [1.82, 2.24) is 5.32 Å². The fourth-order valence-corrected chi connectivity index (χ4v) is 3.12. The van der Waals surface area contributed by atoms with Crippen LogP contribution in [0.2, 0.25) is 0 Å². The average molecular weight is 424 g/mol. The van der Waals surface area contributed by atoms with E-state index in [1.165, 1.54) is 5.56 Å². The van der Waals surface area contributed by atoms with Crippen LogP contribution in [-0.4, -0.2) is 26.7 Å². The number of amides is 1. The Hall–Kier alpha value is -3.41. The minimum absolute atomic E-state index is 0.256. The second-order valence-electron chi connectivity index (χ2n) is 7.47. The fourth-order valence-electron chi connectivity index (χ4n) is 3.12. The normalized spacial score (nSPS) is 10.7. The summed E-state index contributed by atoms with van der Waals surface area (Å²) in [6.07, 6.45) is 0.662. The zero-order chi connectivity index (χ0) is 22.2. The lowest BCUT2D eigenvalue weighted by Gasteiger charge is -2.10. The number of nitrogens with one attached hydrogen (secondary N) is 1. The Bertz CT molecular complexity index is 991. The maximum atomic E-state index is 12.4. The molecule has 3 rings (SSSR count). The predicted molar refractivity (Wildman–Crippen MR) is 119 cm³/mol. The average Bonchev–Trinajstić information content (AvgIpc) is 3.27. The number of hydrogen-bond donors (Lipinski definition) is 1. The molecule has 6 heteroatoms. The number of benzene rings is 2. The van der Waals surface area contributed by atoms with E-state index in [9.17, 15) is 4.79 Å². The van der Waals surface area contributed by atoms with Crippen LogP contribution < -0.4 is 19.5 Å². The van der Waals surface area contributed by atoms with Crippen LogP contribution in [0.5, 0.6) is 17.2 Å². The van der Waals surface area contributed by atoms with Gasteiger partial charge in [0.05, 0.1) is 14.2 Å². The van der Waals surface area contributed by atoms with Gasteiger partial charge in [-0.05, 0) is 59.9 Å². The van der Waals surface area contributed by atoms with E-state index in [1.807, 2.05) is 30.3 Å². The van der Waals surface area contributed by atoms with E-state index in [4.69, 9.17) is 18.6 Å². The predicted octanol–water partition coefficient (Wildman–Crippen LogP) is 4.97. The summed E-state index contributed by atoms with van der Waals surface area (Å²) in [4.78, 5) is 12.4. The highest BCUT2D eigenvalue weighted by atomic mass is 16.5. The third-order valence-corrected chi connectivity index (χ3v) is 4.96. The van der Waals surface area contributed by atoms with Crippen LogP contribution in [0.15, 0.2) is 59.0 Å². The Morgan fingerprint density at radius 2 is 1.71 bits per heavy atom. The molecule has 0 atom stereocenters. The number of hydrogen-bond acceptors (Lipinski definition) is 5. The van der Waals surface area contributed by atoms with Crippen LogP contribution in [0.3, 0.4) is 0 Å². The first-order valence-electron chi connectivity index (χ1n) is 10.3. The molecule has 0 aliphatic heterocycles. The van der Waals surface area contributed by atoms with Gasteiger partial charge in [-0.2, -0.15) is 0 Å². The van der Waals surface area contributed by atoms with Crippen molar-refractivity contribution in [3.63, 3.8) is 0 Å². The van der Waals surface area contributed by atoms with Crippen LogP contribution >= 0.6 is 0 Å². The third kappa shape index (κ3) is 6.04. The van der Waals surface area contributed by atoms with Crippen molar-refractivity contribution in [2.75, 3.05) is 20.8 Å². The molecule has 6 nitrogen and oxygen atoms in total. The monoisotopic (exact) mass is 423 g/mol. The van der Waals surface area contributed by atoms with Crippen molar-refractivity contribution in [2.24, 2.45) is 0 Å². The molecule has 164 valence electrons. The number of carbonyl (C=O) groups excluding carboxylic acids is 1. The number of methoxy groups -OCH3 is 2. The van der Waals surface area contributed by atoms with Gasteiger partial charge in [-0.25, -0.2) is 0 Å². The molecule has 0 aliphatic rings. The minimum atomic E-state index is -0.256. The molecule has 0 radical (unpaired) electrons. The standard InChI is InChI=1S/C25H29NO5/c1-17(2)19-6-8-20(9-7-19)30-16-21-10-12-23(31-21)25(27)26-14-13-18-5-11-22(28-3)24(15-18)29-4/h5-12,15,17H,13-14,16H2,1-4H3,(H,26,27). The zero-order valence-electron chi connectivity index (χ0n) is 18.4. The molecule has 0 unspecified atom stereocenters. The summed E-state index contributed by atoms with van der Waals surface area (Å²) >= 11 is 0. The summed E-state index contributed by atoms with van der Waals surface area (Å²) in [5, 5.41) is 2.87. The van der Waals surface area contributed by atoms with E-state index in [0.29, 0.717) is 36.1 Å². The zero-order valence-corrected chi connectivity index (χ0v) is 18.4. The van der Waals surface area contributed by atoms with Gasteiger partial charge in [0.2, 0.25) is 0 Å². The Labute approximate surface area is 183 Å². The van der Waals surface area contributed by atoms with Gasteiger partial charge < -0.3 is 23.9 Å². The molecule has 0 saturated carbocycles. The maximum absolute atomic E-state index is 12.4. The van der Waals surface area contributed by atoms with Crippen molar-refractivity contribution in [1.29, 1.82) is 0 Å². The van der Waals surface area contributed by atoms with E-state index >= 15 is 0 Å². The Kier molecular flexibility index (Phi) is 7.60. The maximum Gasteiger partial charge on any atom is 0.287 e. The Morgan fingerprint density at radius 1 is 0.968 bits per heavy atom. The van der Waals surface area contributed by atoms with Crippen molar-refractivity contribution in [3.05, 3.63) is 77.2 Å². The van der Waals surface area contributed by atoms with Gasteiger partial charge in [0.25, 0.3) is 5.91 Å². The lowest BCUT2D eigenvalue weighted by molar-refractivity contribution is 0.0922. The van der Waals surface area contributed by atoms with Gasteiger partial charge in [0.1, 0.15) is 18.1 Å². The fraction of sp³-hybridized carbons (Fsp3) is 0.320. The molecule has 0 saturated heterocycles. The van der Waals surface area contributed by atoms with Crippen LogP contribution in [-0.2, 0) is 13.0 Å². The molecule has 0 spiro atoms. The van der Waals surface area contributed by atoms with E-state index in [1.54, 1.807) is 26.4 Å². The summed E-state index contributed by atoms with van der Waals surface area (Å²) in [7, 11) is 3.20. The van der Waals surface area contributed by atoms with Crippen molar-refractivity contribution >= 4 is 5.91 Å². The summed E-state index contributed by atoms with van der Waals surface area (Å²) in [6, 6.07) is 17.1. The molecule has 1 amide bonds. The van der Waals surface area contributed by atoms with Crippen LogP contribution in [0.4, 0.5) is 0 Å². The van der Waals surface area contributed by atoms with Gasteiger partial charge in [-0.1, -0.05) is 32.0 Å². The molecular formula is C25H29NO5. The number of ether oxygens (including phenoxy) is 3. The summed E-state index contributed by atoms with van der Waals surface area (Å²) in [6.45, 7) is 5.04. The smallest absolute Gasteiger partial charge is 0.287 e. The van der Waals surface area contributed by atoms with Crippen LogP contribution in [0.25, 0.3) is 0 Å². The van der Waals surface area contributed by atoms with Gasteiger partial charge >= 0.3 is 0 Å².